The highest BCUT2D eigenvalue weighted by Crippen LogP contribution is 2.33. The number of fused-ring (bicyclic) bond motifs is 1. The number of aromatic nitrogens is 4. The maximum absolute atomic E-state index is 12.6. The molecule has 0 aromatic carbocycles. The summed E-state index contributed by atoms with van der Waals surface area (Å²) in [6, 6.07) is 3.74. The molecule has 0 saturated heterocycles. The maximum atomic E-state index is 12.6. The first-order valence-electron chi connectivity index (χ1n) is 13.3. The third kappa shape index (κ3) is 7.85. The summed E-state index contributed by atoms with van der Waals surface area (Å²) >= 11 is 0. The molecule has 1 aliphatic heterocycles. The summed E-state index contributed by atoms with van der Waals surface area (Å²) in [6.45, 7) is 4.82. The molecule has 0 amide bonds. The zero-order valence-electron chi connectivity index (χ0n) is 21.5. The van der Waals surface area contributed by atoms with Crippen LogP contribution in [0.4, 0.5) is 13.2 Å². The van der Waals surface area contributed by atoms with E-state index in [0.717, 1.165) is 56.8 Å². The minimum Gasteiger partial charge on any atom is -0.303 e. The van der Waals surface area contributed by atoms with Gasteiger partial charge in [0.05, 0.1) is 6.42 Å². The second-order valence-corrected chi connectivity index (χ2v) is 10.7. The van der Waals surface area contributed by atoms with Crippen LogP contribution in [0.3, 0.4) is 0 Å². The first kappa shape index (κ1) is 26.8. The molecule has 0 unspecified atom stereocenters. The van der Waals surface area contributed by atoms with Crippen LogP contribution in [0.5, 0.6) is 0 Å². The molecule has 36 heavy (non-hydrogen) atoms. The second kappa shape index (κ2) is 11.8. The predicted molar refractivity (Wildman–Crippen MR) is 132 cm³/mol. The summed E-state index contributed by atoms with van der Waals surface area (Å²) in [5, 5.41) is 4.30. The van der Waals surface area contributed by atoms with E-state index in [2.05, 4.69) is 20.0 Å². The van der Waals surface area contributed by atoms with E-state index in [0.29, 0.717) is 36.2 Å². The van der Waals surface area contributed by atoms with Crippen LogP contribution in [0.25, 0.3) is 0 Å². The molecule has 0 N–H and O–H groups in total. The van der Waals surface area contributed by atoms with E-state index in [1.165, 1.54) is 24.8 Å². The Kier molecular flexibility index (Phi) is 8.80. The van der Waals surface area contributed by atoms with Crippen LogP contribution < -0.4 is 0 Å². The third-order valence-electron chi connectivity index (χ3n) is 7.87. The average molecular weight is 506 g/mol. The van der Waals surface area contributed by atoms with Crippen molar-refractivity contribution in [3.8, 4) is 0 Å². The monoisotopic (exact) mass is 505 g/mol. The van der Waals surface area contributed by atoms with Gasteiger partial charge in [0.2, 0.25) is 0 Å². The smallest absolute Gasteiger partial charge is 0.303 e. The first-order chi connectivity index (χ1) is 17.1. The van der Waals surface area contributed by atoms with Gasteiger partial charge in [0.25, 0.3) is 0 Å². The van der Waals surface area contributed by atoms with Gasteiger partial charge in [-0.2, -0.15) is 18.3 Å². The zero-order chi connectivity index (χ0) is 25.7. The number of hydrogen-bond acceptors (Lipinski definition) is 5. The van der Waals surface area contributed by atoms with Crippen LogP contribution in [0, 0.1) is 18.8 Å². The molecule has 4 rings (SSSR count). The number of carbonyl (C=O) groups excluding carboxylic acids is 1. The van der Waals surface area contributed by atoms with E-state index in [-0.39, 0.29) is 12.2 Å². The van der Waals surface area contributed by atoms with E-state index in [4.69, 9.17) is 0 Å². The van der Waals surface area contributed by atoms with Crippen molar-refractivity contribution in [2.24, 2.45) is 18.9 Å². The predicted octanol–water partition coefficient (Wildman–Crippen LogP) is 4.81. The summed E-state index contributed by atoms with van der Waals surface area (Å²) in [6.07, 6.45) is 3.40. The van der Waals surface area contributed by atoms with Gasteiger partial charge in [0, 0.05) is 50.8 Å². The molecule has 1 fully saturated rings. The fraction of sp³-hybridized carbons (Fsp3) is 0.704. The van der Waals surface area contributed by atoms with Crippen molar-refractivity contribution in [1.29, 1.82) is 0 Å². The molecule has 2 aromatic heterocycles. The summed E-state index contributed by atoms with van der Waals surface area (Å²) in [5.41, 5.74) is 2.69. The molecule has 1 saturated carbocycles. The number of rotatable bonds is 9. The Labute approximate surface area is 211 Å². The third-order valence-corrected chi connectivity index (χ3v) is 7.87. The Morgan fingerprint density at radius 3 is 2.47 bits per heavy atom. The van der Waals surface area contributed by atoms with Crippen LogP contribution in [-0.4, -0.2) is 56.2 Å². The van der Waals surface area contributed by atoms with Gasteiger partial charge >= 0.3 is 6.18 Å². The number of alkyl halides is 3. The van der Waals surface area contributed by atoms with E-state index < -0.39 is 12.6 Å². The number of halogens is 3. The van der Waals surface area contributed by atoms with Crippen molar-refractivity contribution in [2.75, 3.05) is 19.6 Å². The highest BCUT2D eigenvalue weighted by Gasteiger charge is 2.27. The van der Waals surface area contributed by atoms with Crippen molar-refractivity contribution in [3.63, 3.8) is 0 Å². The topological polar surface area (TPSA) is 63.9 Å². The molecule has 3 heterocycles. The minimum atomic E-state index is -4.14. The highest BCUT2D eigenvalue weighted by molar-refractivity contribution is 5.80. The van der Waals surface area contributed by atoms with Crippen molar-refractivity contribution in [2.45, 2.75) is 83.7 Å². The molecule has 6 nitrogen and oxygen atoms in total. The number of carbonyl (C=O) groups is 1. The van der Waals surface area contributed by atoms with Crippen LogP contribution in [0.2, 0.25) is 0 Å². The standard InChI is InChI=1S/C27H38F3N5O/c1-19-31-26(33-34(19)2)18-24(36)17-21-5-3-20(4-6-21)10-14-35-15-11-22-7-8-23(9-13-27(28,29)30)32-25(22)12-16-35/h7-8,20-21H,3-6,9-18H2,1-2H3. The second-order valence-electron chi connectivity index (χ2n) is 10.7. The minimum absolute atomic E-state index is 0.0472. The van der Waals surface area contributed by atoms with Gasteiger partial charge in [-0.25, -0.2) is 4.98 Å². The SMILES string of the molecule is Cc1nc(CC(=O)CC2CCC(CCN3CCc4ccc(CCC(F)(F)F)nc4CC3)CC2)nn1C. The van der Waals surface area contributed by atoms with Crippen molar-refractivity contribution < 1.29 is 18.0 Å². The number of Topliss-reactive ketones (excluding diaryl/α,β-unsaturated/α-hetero) is 1. The molecule has 0 radical (unpaired) electrons. The lowest BCUT2D eigenvalue weighted by atomic mass is 9.78. The van der Waals surface area contributed by atoms with Gasteiger partial charge in [-0.3, -0.25) is 14.5 Å². The molecule has 0 bridgehead atoms. The quantitative estimate of drug-likeness (QED) is 0.489. The maximum Gasteiger partial charge on any atom is 0.389 e. The zero-order valence-corrected chi connectivity index (χ0v) is 21.5. The fourth-order valence-electron chi connectivity index (χ4n) is 5.57. The van der Waals surface area contributed by atoms with Crippen LogP contribution in [-0.2, 0) is 37.5 Å². The van der Waals surface area contributed by atoms with Crippen molar-refractivity contribution >= 4 is 5.78 Å². The van der Waals surface area contributed by atoms with Crippen LogP contribution in [0.1, 0.15) is 73.5 Å². The average Bonchev–Trinajstić information content (AvgIpc) is 3.01. The Bertz CT molecular complexity index is 1010. The number of hydrogen-bond donors (Lipinski definition) is 0. The lowest BCUT2D eigenvalue weighted by Crippen LogP contribution is -2.29. The molecular formula is C27H38F3N5O. The summed E-state index contributed by atoms with van der Waals surface area (Å²) in [4.78, 5) is 23.9. The number of nitrogens with zero attached hydrogens (tertiary/aromatic N) is 5. The molecule has 198 valence electrons. The van der Waals surface area contributed by atoms with Crippen molar-refractivity contribution in [3.05, 3.63) is 40.7 Å². The molecule has 2 aliphatic rings. The highest BCUT2D eigenvalue weighted by atomic mass is 19.4. The van der Waals surface area contributed by atoms with Gasteiger partial charge < -0.3 is 4.90 Å². The first-order valence-corrected chi connectivity index (χ1v) is 13.3. The fourth-order valence-corrected chi connectivity index (χ4v) is 5.57. The number of pyridine rings is 1. The Morgan fingerprint density at radius 2 is 1.78 bits per heavy atom. The van der Waals surface area contributed by atoms with E-state index >= 15 is 0 Å². The van der Waals surface area contributed by atoms with Gasteiger partial charge in [0.1, 0.15) is 11.6 Å². The van der Waals surface area contributed by atoms with Gasteiger partial charge in [0.15, 0.2) is 5.82 Å². The Balaban J connectivity index is 1.16. The largest absolute Gasteiger partial charge is 0.389 e. The van der Waals surface area contributed by atoms with Crippen molar-refractivity contribution in [1.82, 2.24) is 24.6 Å². The summed E-state index contributed by atoms with van der Waals surface area (Å²) in [7, 11) is 1.84. The van der Waals surface area contributed by atoms with E-state index in [9.17, 15) is 18.0 Å². The molecule has 9 heteroatoms. The van der Waals surface area contributed by atoms with Gasteiger partial charge in [-0.1, -0.05) is 18.9 Å². The molecule has 2 aromatic rings. The Morgan fingerprint density at radius 1 is 1.06 bits per heavy atom. The van der Waals surface area contributed by atoms with Gasteiger partial charge in [-0.15, -0.1) is 0 Å². The lowest BCUT2D eigenvalue weighted by molar-refractivity contribution is -0.134. The number of aryl methyl sites for hydroxylation is 3. The van der Waals surface area contributed by atoms with Crippen LogP contribution in [0.15, 0.2) is 12.1 Å². The van der Waals surface area contributed by atoms with Crippen LogP contribution >= 0.6 is 0 Å². The molecule has 1 aliphatic carbocycles. The summed E-state index contributed by atoms with van der Waals surface area (Å²) in [5.74, 6) is 2.87. The molecule has 0 atom stereocenters. The van der Waals surface area contributed by atoms with E-state index in [1.54, 1.807) is 10.7 Å². The normalized spacial score (nSPS) is 21.2. The molecular weight excluding hydrogens is 467 g/mol. The number of ketones is 1. The lowest BCUT2D eigenvalue weighted by Gasteiger charge is -2.30. The van der Waals surface area contributed by atoms with Gasteiger partial charge in [-0.05, 0) is 69.0 Å². The Hall–Kier alpha value is -2.29. The summed E-state index contributed by atoms with van der Waals surface area (Å²) < 4.78 is 39.4. The molecule has 0 spiro atoms. The van der Waals surface area contributed by atoms with E-state index in [1.807, 2.05) is 20.0 Å².